The van der Waals surface area contributed by atoms with Gasteiger partial charge in [-0.05, 0) is 24.6 Å². The number of hydrogen-bond acceptors (Lipinski definition) is 5. The standard InChI is InChI=1S/C13H16O5/c1-9(14)8-13(16,12(15)18-3)10-4-6-11(17-2)7-5-10/h4-7,16H,8H2,1-3H3/t13-/m0/s1. The van der Waals surface area contributed by atoms with Gasteiger partial charge in [0.05, 0.1) is 14.2 Å². The van der Waals surface area contributed by atoms with Crippen molar-refractivity contribution in [1.82, 2.24) is 0 Å². The first-order valence-electron chi connectivity index (χ1n) is 5.39. The van der Waals surface area contributed by atoms with Crippen LogP contribution in [-0.2, 0) is 19.9 Å². The van der Waals surface area contributed by atoms with Crippen molar-refractivity contribution in [3.05, 3.63) is 29.8 Å². The number of rotatable bonds is 5. The predicted octanol–water partition coefficient (Wildman–Crippen LogP) is 1.03. The highest BCUT2D eigenvalue weighted by molar-refractivity contribution is 5.88. The molecule has 0 heterocycles. The molecular formula is C13H16O5. The van der Waals surface area contributed by atoms with E-state index in [2.05, 4.69) is 4.74 Å². The summed E-state index contributed by atoms with van der Waals surface area (Å²) >= 11 is 0. The molecule has 98 valence electrons. The molecule has 1 rings (SSSR count). The fourth-order valence-electron chi connectivity index (χ4n) is 1.69. The van der Waals surface area contributed by atoms with Gasteiger partial charge < -0.3 is 14.6 Å². The molecule has 0 amide bonds. The van der Waals surface area contributed by atoms with Crippen molar-refractivity contribution >= 4 is 11.8 Å². The largest absolute Gasteiger partial charge is 0.497 e. The van der Waals surface area contributed by atoms with Crippen LogP contribution in [0.2, 0.25) is 0 Å². The van der Waals surface area contributed by atoms with Gasteiger partial charge in [0.15, 0.2) is 5.60 Å². The van der Waals surface area contributed by atoms with E-state index in [0.717, 1.165) is 7.11 Å². The fourth-order valence-corrected chi connectivity index (χ4v) is 1.69. The van der Waals surface area contributed by atoms with Crippen LogP contribution in [0.3, 0.4) is 0 Å². The predicted molar refractivity (Wildman–Crippen MR) is 64.2 cm³/mol. The Hall–Kier alpha value is -1.88. The highest BCUT2D eigenvalue weighted by atomic mass is 16.5. The molecule has 0 fully saturated rings. The molecule has 0 radical (unpaired) electrons. The maximum Gasteiger partial charge on any atom is 0.343 e. The molecule has 0 spiro atoms. The zero-order valence-electron chi connectivity index (χ0n) is 10.6. The average Bonchev–Trinajstić information content (AvgIpc) is 2.36. The van der Waals surface area contributed by atoms with Crippen molar-refractivity contribution in [3.63, 3.8) is 0 Å². The first-order chi connectivity index (χ1) is 8.43. The van der Waals surface area contributed by atoms with Gasteiger partial charge >= 0.3 is 5.97 Å². The van der Waals surface area contributed by atoms with Crippen molar-refractivity contribution in [3.8, 4) is 5.75 Å². The topological polar surface area (TPSA) is 72.8 Å². The highest BCUT2D eigenvalue weighted by Gasteiger charge is 2.40. The minimum Gasteiger partial charge on any atom is -0.497 e. The van der Waals surface area contributed by atoms with Crippen molar-refractivity contribution in [1.29, 1.82) is 0 Å². The molecule has 0 aliphatic heterocycles. The van der Waals surface area contributed by atoms with Gasteiger partial charge in [0.2, 0.25) is 0 Å². The highest BCUT2D eigenvalue weighted by Crippen LogP contribution is 2.28. The quantitative estimate of drug-likeness (QED) is 0.792. The summed E-state index contributed by atoms with van der Waals surface area (Å²) in [4.78, 5) is 22.9. The Kier molecular flexibility index (Phi) is 4.44. The van der Waals surface area contributed by atoms with E-state index in [1.165, 1.54) is 26.2 Å². The number of benzene rings is 1. The average molecular weight is 252 g/mol. The van der Waals surface area contributed by atoms with Crippen LogP contribution in [0.15, 0.2) is 24.3 Å². The second kappa shape index (κ2) is 5.64. The molecule has 0 bridgehead atoms. The maximum atomic E-state index is 11.7. The first kappa shape index (κ1) is 14.2. The van der Waals surface area contributed by atoms with Crippen LogP contribution < -0.4 is 4.74 Å². The zero-order valence-corrected chi connectivity index (χ0v) is 10.6. The number of carbonyl (C=O) groups is 2. The third kappa shape index (κ3) is 2.87. The summed E-state index contributed by atoms with van der Waals surface area (Å²) in [5.41, 5.74) is -1.65. The van der Waals surface area contributed by atoms with E-state index in [9.17, 15) is 14.7 Å². The number of ketones is 1. The van der Waals surface area contributed by atoms with Crippen molar-refractivity contribution in [2.24, 2.45) is 0 Å². The Balaban J connectivity index is 3.16. The van der Waals surface area contributed by atoms with Gasteiger partial charge in [-0.2, -0.15) is 0 Å². The van der Waals surface area contributed by atoms with E-state index >= 15 is 0 Å². The fraction of sp³-hybridized carbons (Fsp3) is 0.385. The minimum atomic E-state index is -1.95. The lowest BCUT2D eigenvalue weighted by molar-refractivity contribution is -0.166. The molecule has 1 atom stereocenters. The lowest BCUT2D eigenvalue weighted by atomic mass is 9.89. The molecule has 1 aromatic carbocycles. The van der Waals surface area contributed by atoms with Gasteiger partial charge in [0.25, 0.3) is 0 Å². The molecule has 5 nitrogen and oxygen atoms in total. The van der Waals surface area contributed by atoms with Crippen LogP contribution in [0.25, 0.3) is 0 Å². The molecule has 18 heavy (non-hydrogen) atoms. The molecule has 5 heteroatoms. The van der Waals surface area contributed by atoms with Crippen LogP contribution in [0.1, 0.15) is 18.9 Å². The Morgan fingerprint density at radius 1 is 1.22 bits per heavy atom. The second-order valence-corrected chi connectivity index (χ2v) is 3.96. The molecule has 1 aromatic rings. The first-order valence-corrected chi connectivity index (χ1v) is 5.39. The van der Waals surface area contributed by atoms with Crippen LogP contribution in [0, 0.1) is 0 Å². The van der Waals surface area contributed by atoms with E-state index in [1.54, 1.807) is 12.1 Å². The summed E-state index contributed by atoms with van der Waals surface area (Å²) in [6, 6.07) is 6.25. The Morgan fingerprint density at radius 3 is 2.17 bits per heavy atom. The van der Waals surface area contributed by atoms with Gasteiger partial charge in [-0.25, -0.2) is 4.79 Å². The maximum absolute atomic E-state index is 11.7. The summed E-state index contributed by atoms with van der Waals surface area (Å²) in [6.45, 7) is 1.30. The zero-order chi connectivity index (χ0) is 13.8. The van der Waals surface area contributed by atoms with Crippen molar-refractivity contribution in [2.45, 2.75) is 18.9 Å². The number of esters is 1. The van der Waals surface area contributed by atoms with E-state index in [0.29, 0.717) is 11.3 Å². The third-order valence-corrected chi connectivity index (χ3v) is 2.60. The third-order valence-electron chi connectivity index (χ3n) is 2.60. The molecule has 1 N–H and O–H groups in total. The van der Waals surface area contributed by atoms with E-state index in [4.69, 9.17) is 4.74 Å². The molecule has 0 aliphatic carbocycles. The van der Waals surface area contributed by atoms with E-state index < -0.39 is 11.6 Å². The van der Waals surface area contributed by atoms with Gasteiger partial charge in [-0.15, -0.1) is 0 Å². The molecule has 0 aromatic heterocycles. The van der Waals surface area contributed by atoms with E-state index in [1.807, 2.05) is 0 Å². The summed E-state index contributed by atoms with van der Waals surface area (Å²) in [6.07, 6.45) is -0.327. The van der Waals surface area contributed by atoms with Gasteiger partial charge in [0, 0.05) is 6.42 Å². The minimum absolute atomic E-state index is 0.297. The van der Waals surface area contributed by atoms with Crippen LogP contribution >= 0.6 is 0 Å². The number of methoxy groups -OCH3 is 2. The van der Waals surface area contributed by atoms with Crippen molar-refractivity contribution in [2.75, 3.05) is 14.2 Å². The van der Waals surface area contributed by atoms with Gasteiger partial charge in [0.1, 0.15) is 11.5 Å². The Morgan fingerprint density at radius 2 is 1.78 bits per heavy atom. The number of hydrogen-bond donors (Lipinski definition) is 1. The van der Waals surface area contributed by atoms with Crippen LogP contribution in [-0.4, -0.2) is 31.1 Å². The van der Waals surface area contributed by atoms with Gasteiger partial charge in [-0.3, -0.25) is 4.79 Å². The Labute approximate surface area is 105 Å². The number of Topliss-reactive ketones (excluding diaryl/α,β-unsaturated/α-hetero) is 1. The Bertz CT molecular complexity index is 437. The SMILES string of the molecule is COC(=O)[C@](O)(CC(C)=O)c1ccc(OC)cc1. The van der Waals surface area contributed by atoms with Crippen LogP contribution in [0.4, 0.5) is 0 Å². The lowest BCUT2D eigenvalue weighted by Gasteiger charge is -2.24. The number of carbonyl (C=O) groups excluding carboxylic acids is 2. The summed E-state index contributed by atoms with van der Waals surface area (Å²) in [5, 5.41) is 10.3. The monoisotopic (exact) mass is 252 g/mol. The normalized spacial score (nSPS) is 13.6. The van der Waals surface area contributed by atoms with Crippen molar-refractivity contribution < 1.29 is 24.2 Å². The molecule has 0 aliphatic rings. The summed E-state index contributed by atoms with van der Waals surface area (Å²) in [5.74, 6) is -0.574. The lowest BCUT2D eigenvalue weighted by Crippen LogP contribution is -2.38. The van der Waals surface area contributed by atoms with Crippen LogP contribution in [0.5, 0.6) is 5.75 Å². The second-order valence-electron chi connectivity index (χ2n) is 3.96. The smallest absolute Gasteiger partial charge is 0.343 e. The number of ether oxygens (including phenoxy) is 2. The number of aliphatic hydroxyl groups is 1. The molecular weight excluding hydrogens is 236 g/mol. The summed E-state index contributed by atoms with van der Waals surface area (Å²) < 4.78 is 9.54. The molecule has 0 saturated carbocycles. The van der Waals surface area contributed by atoms with E-state index in [-0.39, 0.29) is 12.2 Å². The molecule has 0 saturated heterocycles. The summed E-state index contributed by atoms with van der Waals surface area (Å²) in [7, 11) is 2.67. The van der Waals surface area contributed by atoms with Gasteiger partial charge in [-0.1, -0.05) is 12.1 Å². The molecule has 0 unspecified atom stereocenters.